The molecule has 1 rings (SSSR count). The molecule has 15 heavy (non-hydrogen) atoms. The second-order valence-corrected chi connectivity index (χ2v) is 3.58. The molecule has 0 bridgehead atoms. The van der Waals surface area contributed by atoms with Crippen molar-refractivity contribution >= 4 is 0 Å². The molecule has 0 aromatic heterocycles. The molecule has 5 heteroatoms. The summed E-state index contributed by atoms with van der Waals surface area (Å²) in [5.74, 6) is 0. The maximum absolute atomic E-state index is 8.97. The van der Waals surface area contributed by atoms with Crippen LogP contribution in [0.3, 0.4) is 0 Å². The lowest BCUT2D eigenvalue weighted by molar-refractivity contribution is -0.170. The van der Waals surface area contributed by atoms with E-state index in [0.717, 1.165) is 25.9 Å². The van der Waals surface area contributed by atoms with Crippen molar-refractivity contribution in [3.63, 3.8) is 0 Å². The van der Waals surface area contributed by atoms with E-state index in [2.05, 4.69) is 0 Å². The number of hydrogen-bond acceptors (Lipinski definition) is 5. The van der Waals surface area contributed by atoms with Gasteiger partial charge in [-0.2, -0.15) is 0 Å². The minimum atomic E-state index is -0.795. The van der Waals surface area contributed by atoms with Crippen LogP contribution < -0.4 is 0 Å². The highest BCUT2D eigenvalue weighted by Crippen LogP contribution is 2.13. The lowest BCUT2D eigenvalue weighted by atomic mass is 10.2. The number of aliphatic hydroxyl groups is 2. The fourth-order valence-electron chi connectivity index (χ4n) is 1.35. The first-order chi connectivity index (χ1) is 7.33. The van der Waals surface area contributed by atoms with Crippen LogP contribution in [0.2, 0.25) is 0 Å². The summed E-state index contributed by atoms with van der Waals surface area (Å²) in [6.07, 6.45) is 2.31. The summed E-state index contributed by atoms with van der Waals surface area (Å²) < 4.78 is 15.9. The second kappa shape index (κ2) is 8.01. The molecule has 0 saturated carbocycles. The molecule has 0 aliphatic carbocycles. The topological polar surface area (TPSA) is 68.2 Å². The average Bonchev–Trinajstić information content (AvgIpc) is 2.29. The molecule has 1 aliphatic heterocycles. The highest BCUT2D eigenvalue weighted by Gasteiger charge is 2.13. The molecule has 5 nitrogen and oxygen atoms in total. The molecule has 1 heterocycles. The molecular weight excluding hydrogens is 200 g/mol. The first-order valence-electron chi connectivity index (χ1n) is 5.43. The zero-order valence-electron chi connectivity index (χ0n) is 8.93. The van der Waals surface area contributed by atoms with E-state index in [1.165, 1.54) is 0 Å². The lowest BCUT2D eigenvalue weighted by Gasteiger charge is -2.22. The van der Waals surface area contributed by atoms with Crippen molar-refractivity contribution in [1.82, 2.24) is 0 Å². The molecule has 0 aromatic carbocycles. The molecule has 90 valence electrons. The van der Waals surface area contributed by atoms with Crippen molar-refractivity contribution in [3.05, 3.63) is 0 Å². The minimum Gasteiger partial charge on any atom is -0.394 e. The van der Waals surface area contributed by atoms with Crippen LogP contribution in [-0.4, -0.2) is 55.6 Å². The van der Waals surface area contributed by atoms with Gasteiger partial charge in [-0.3, -0.25) is 0 Å². The first-order valence-corrected chi connectivity index (χ1v) is 5.43. The van der Waals surface area contributed by atoms with Gasteiger partial charge in [-0.05, 0) is 19.3 Å². The Labute approximate surface area is 89.9 Å². The van der Waals surface area contributed by atoms with E-state index in [1.54, 1.807) is 0 Å². The third-order valence-corrected chi connectivity index (χ3v) is 2.19. The number of ether oxygens (including phenoxy) is 3. The summed E-state index contributed by atoms with van der Waals surface area (Å²) in [6, 6.07) is 0. The second-order valence-electron chi connectivity index (χ2n) is 3.58. The predicted molar refractivity (Wildman–Crippen MR) is 53.5 cm³/mol. The summed E-state index contributed by atoms with van der Waals surface area (Å²) in [4.78, 5) is 0. The maximum Gasteiger partial charge on any atom is 0.157 e. The van der Waals surface area contributed by atoms with Crippen LogP contribution >= 0.6 is 0 Å². The van der Waals surface area contributed by atoms with Crippen molar-refractivity contribution in [2.24, 2.45) is 0 Å². The molecule has 1 saturated heterocycles. The molecule has 0 aromatic rings. The van der Waals surface area contributed by atoms with Crippen LogP contribution in [-0.2, 0) is 14.2 Å². The van der Waals surface area contributed by atoms with Gasteiger partial charge < -0.3 is 24.4 Å². The van der Waals surface area contributed by atoms with Gasteiger partial charge in [0.15, 0.2) is 6.29 Å². The standard InChI is InChI=1S/C10H20O5/c11-7-9(12)8-13-5-6-15-10-3-1-2-4-14-10/h9-12H,1-8H2/t9-,10?/m1/s1. The van der Waals surface area contributed by atoms with Crippen LogP contribution in [0, 0.1) is 0 Å². The first kappa shape index (κ1) is 12.9. The van der Waals surface area contributed by atoms with Crippen molar-refractivity contribution in [2.45, 2.75) is 31.7 Å². The van der Waals surface area contributed by atoms with Crippen molar-refractivity contribution in [2.75, 3.05) is 33.0 Å². The van der Waals surface area contributed by atoms with Crippen molar-refractivity contribution in [3.8, 4) is 0 Å². The van der Waals surface area contributed by atoms with E-state index in [1.807, 2.05) is 0 Å². The van der Waals surface area contributed by atoms with Gasteiger partial charge in [0, 0.05) is 6.61 Å². The summed E-state index contributed by atoms with van der Waals surface area (Å²) in [6.45, 7) is 1.52. The zero-order valence-corrected chi connectivity index (χ0v) is 8.93. The third-order valence-electron chi connectivity index (χ3n) is 2.19. The molecule has 1 aliphatic rings. The number of rotatable bonds is 7. The van der Waals surface area contributed by atoms with Gasteiger partial charge in [-0.15, -0.1) is 0 Å². The fraction of sp³-hybridized carbons (Fsp3) is 1.00. The largest absolute Gasteiger partial charge is 0.394 e. The molecule has 1 unspecified atom stereocenters. The van der Waals surface area contributed by atoms with Crippen LogP contribution in [0.15, 0.2) is 0 Å². The summed E-state index contributed by atoms with van der Waals surface area (Å²) >= 11 is 0. The van der Waals surface area contributed by atoms with Crippen LogP contribution in [0.4, 0.5) is 0 Å². The Kier molecular flexibility index (Phi) is 6.87. The summed E-state index contributed by atoms with van der Waals surface area (Å²) in [7, 11) is 0. The Balaban J connectivity index is 1.87. The molecule has 2 atom stereocenters. The smallest absolute Gasteiger partial charge is 0.157 e. The maximum atomic E-state index is 8.97. The number of hydrogen-bond donors (Lipinski definition) is 2. The molecule has 0 radical (unpaired) electrons. The number of aliphatic hydroxyl groups excluding tert-OH is 2. The zero-order chi connectivity index (χ0) is 10.9. The molecule has 0 spiro atoms. The van der Waals surface area contributed by atoms with Gasteiger partial charge in [0.05, 0.1) is 26.4 Å². The van der Waals surface area contributed by atoms with Gasteiger partial charge in [0.1, 0.15) is 6.10 Å². The van der Waals surface area contributed by atoms with Gasteiger partial charge in [-0.1, -0.05) is 0 Å². The predicted octanol–water partition coefficient (Wildman–Crippen LogP) is -0.101. The Bertz CT molecular complexity index is 147. The van der Waals surface area contributed by atoms with Crippen LogP contribution in [0.25, 0.3) is 0 Å². The normalized spacial score (nSPS) is 24.0. The van der Waals surface area contributed by atoms with E-state index in [-0.39, 0.29) is 19.5 Å². The fourth-order valence-corrected chi connectivity index (χ4v) is 1.35. The Morgan fingerprint density at radius 1 is 1.33 bits per heavy atom. The lowest BCUT2D eigenvalue weighted by Crippen LogP contribution is -2.25. The highest BCUT2D eigenvalue weighted by molar-refractivity contribution is 4.54. The van der Waals surface area contributed by atoms with E-state index >= 15 is 0 Å². The minimum absolute atomic E-state index is 0.0925. The molecule has 2 N–H and O–H groups in total. The molecule has 1 fully saturated rings. The van der Waals surface area contributed by atoms with E-state index in [9.17, 15) is 0 Å². The Hall–Kier alpha value is -0.200. The van der Waals surface area contributed by atoms with E-state index in [4.69, 9.17) is 24.4 Å². The van der Waals surface area contributed by atoms with Crippen molar-refractivity contribution in [1.29, 1.82) is 0 Å². The van der Waals surface area contributed by atoms with Gasteiger partial charge in [-0.25, -0.2) is 0 Å². The quantitative estimate of drug-likeness (QED) is 0.586. The average molecular weight is 220 g/mol. The summed E-state index contributed by atoms with van der Waals surface area (Å²) in [5, 5.41) is 17.5. The molecule has 0 amide bonds. The Morgan fingerprint density at radius 3 is 2.87 bits per heavy atom. The third kappa shape index (κ3) is 6.06. The van der Waals surface area contributed by atoms with Gasteiger partial charge >= 0.3 is 0 Å². The van der Waals surface area contributed by atoms with Gasteiger partial charge in [0.25, 0.3) is 0 Å². The van der Waals surface area contributed by atoms with Gasteiger partial charge in [0.2, 0.25) is 0 Å². The van der Waals surface area contributed by atoms with Crippen molar-refractivity contribution < 1.29 is 24.4 Å². The SMILES string of the molecule is OC[C@@H](O)COCCOC1CCCCO1. The van der Waals surface area contributed by atoms with Crippen LogP contribution in [0.5, 0.6) is 0 Å². The summed E-state index contributed by atoms with van der Waals surface area (Å²) in [5.41, 5.74) is 0. The van der Waals surface area contributed by atoms with Crippen LogP contribution in [0.1, 0.15) is 19.3 Å². The Morgan fingerprint density at radius 2 is 2.20 bits per heavy atom. The monoisotopic (exact) mass is 220 g/mol. The molecular formula is C10H20O5. The van der Waals surface area contributed by atoms with E-state index < -0.39 is 6.10 Å². The highest BCUT2D eigenvalue weighted by atomic mass is 16.7. The van der Waals surface area contributed by atoms with E-state index in [0.29, 0.717) is 13.2 Å².